The van der Waals surface area contributed by atoms with Crippen LogP contribution in [0, 0.1) is 5.92 Å². The van der Waals surface area contributed by atoms with Gasteiger partial charge >= 0.3 is 0 Å². The summed E-state index contributed by atoms with van der Waals surface area (Å²) in [4.78, 5) is 15.7. The molecule has 3 N–H and O–H groups in total. The molecule has 1 saturated carbocycles. The average Bonchev–Trinajstić information content (AvgIpc) is 2.74. The number of carbonyl (C=O) groups is 1. The second kappa shape index (κ2) is 4.96. The number of aromatic nitrogens is 1. The number of rotatable bonds is 3. The molecule has 16 heavy (non-hydrogen) atoms. The van der Waals surface area contributed by atoms with E-state index in [-0.39, 0.29) is 5.91 Å². The van der Waals surface area contributed by atoms with E-state index in [0.29, 0.717) is 23.8 Å². The highest BCUT2D eigenvalue weighted by Gasteiger charge is 2.18. The fraction of sp³-hybridized carbons (Fsp3) is 0.500. The van der Waals surface area contributed by atoms with Crippen molar-refractivity contribution in [3.8, 4) is 0 Å². The van der Waals surface area contributed by atoms with Crippen LogP contribution in [0.2, 0.25) is 0 Å². The van der Waals surface area contributed by atoms with Crippen molar-refractivity contribution in [2.24, 2.45) is 5.92 Å². The lowest BCUT2D eigenvalue weighted by Crippen LogP contribution is -2.16. The van der Waals surface area contributed by atoms with Crippen LogP contribution in [0.5, 0.6) is 0 Å². The number of nitrogens with two attached hydrogens (primary N) is 1. The van der Waals surface area contributed by atoms with Gasteiger partial charge in [0.05, 0.1) is 5.69 Å². The van der Waals surface area contributed by atoms with E-state index in [1.807, 2.05) is 0 Å². The van der Waals surface area contributed by atoms with Crippen molar-refractivity contribution in [1.29, 1.82) is 0 Å². The van der Waals surface area contributed by atoms with Crippen molar-refractivity contribution in [3.05, 3.63) is 18.3 Å². The Morgan fingerprint density at radius 2 is 2.25 bits per heavy atom. The fourth-order valence-corrected chi connectivity index (χ4v) is 2.18. The molecule has 1 aliphatic carbocycles. The summed E-state index contributed by atoms with van der Waals surface area (Å²) in [6, 6.07) is 3.49. The molecule has 0 aliphatic heterocycles. The van der Waals surface area contributed by atoms with Crippen molar-refractivity contribution in [1.82, 2.24) is 4.98 Å². The van der Waals surface area contributed by atoms with Gasteiger partial charge in [0, 0.05) is 12.6 Å². The number of carbonyl (C=O) groups excluding carboxylic acids is 1. The molecule has 2 rings (SSSR count). The van der Waals surface area contributed by atoms with Crippen LogP contribution < -0.4 is 11.1 Å². The molecular weight excluding hydrogens is 202 g/mol. The molecule has 1 aromatic rings. The lowest BCUT2D eigenvalue weighted by atomic mass is 10.0. The topological polar surface area (TPSA) is 68.0 Å². The summed E-state index contributed by atoms with van der Waals surface area (Å²) in [5.74, 6) is 1.05. The highest BCUT2D eigenvalue weighted by Crippen LogP contribution is 2.27. The van der Waals surface area contributed by atoms with Crippen LogP contribution >= 0.6 is 0 Å². The SMILES string of the molecule is Nc1cccnc1NC(=O)CC1CCCC1. The molecule has 1 fully saturated rings. The zero-order valence-corrected chi connectivity index (χ0v) is 9.28. The zero-order valence-electron chi connectivity index (χ0n) is 9.28. The summed E-state index contributed by atoms with van der Waals surface area (Å²) >= 11 is 0. The van der Waals surface area contributed by atoms with Crippen LogP contribution in [0.25, 0.3) is 0 Å². The minimum atomic E-state index is 0.0253. The van der Waals surface area contributed by atoms with E-state index >= 15 is 0 Å². The highest BCUT2D eigenvalue weighted by atomic mass is 16.1. The standard InChI is InChI=1S/C12H17N3O/c13-10-6-3-7-14-12(10)15-11(16)8-9-4-1-2-5-9/h3,6-7,9H,1-2,4-5,8,13H2,(H,14,15,16). The third-order valence-corrected chi connectivity index (χ3v) is 3.05. The molecule has 0 radical (unpaired) electrons. The van der Waals surface area contributed by atoms with E-state index in [9.17, 15) is 4.79 Å². The first-order chi connectivity index (χ1) is 7.75. The number of nitrogens with one attached hydrogen (secondary N) is 1. The summed E-state index contributed by atoms with van der Waals surface area (Å²) in [7, 11) is 0. The van der Waals surface area contributed by atoms with Gasteiger partial charge in [0.2, 0.25) is 5.91 Å². The fourth-order valence-electron chi connectivity index (χ4n) is 2.18. The first-order valence-corrected chi connectivity index (χ1v) is 5.76. The zero-order chi connectivity index (χ0) is 11.4. The molecule has 0 aromatic carbocycles. The summed E-state index contributed by atoms with van der Waals surface area (Å²) < 4.78 is 0. The van der Waals surface area contributed by atoms with Gasteiger partial charge in [-0.15, -0.1) is 0 Å². The van der Waals surface area contributed by atoms with E-state index < -0.39 is 0 Å². The smallest absolute Gasteiger partial charge is 0.225 e. The molecule has 1 heterocycles. The van der Waals surface area contributed by atoms with E-state index in [0.717, 1.165) is 0 Å². The molecule has 0 atom stereocenters. The Kier molecular flexibility index (Phi) is 3.39. The normalized spacial score (nSPS) is 16.2. The summed E-state index contributed by atoms with van der Waals surface area (Å²) in [6.07, 6.45) is 7.07. The molecule has 0 unspecified atom stereocenters. The molecule has 0 bridgehead atoms. The first-order valence-electron chi connectivity index (χ1n) is 5.76. The summed E-state index contributed by atoms with van der Waals surface area (Å²) in [6.45, 7) is 0. The van der Waals surface area contributed by atoms with Gasteiger partial charge in [-0.25, -0.2) is 4.98 Å². The summed E-state index contributed by atoms with van der Waals surface area (Å²) in [5, 5.41) is 2.76. The third-order valence-electron chi connectivity index (χ3n) is 3.05. The van der Waals surface area contributed by atoms with Crippen molar-refractivity contribution in [2.75, 3.05) is 11.1 Å². The van der Waals surface area contributed by atoms with Gasteiger partial charge in [-0.05, 0) is 30.9 Å². The van der Waals surface area contributed by atoms with Crippen LogP contribution in [-0.2, 0) is 4.79 Å². The van der Waals surface area contributed by atoms with Crippen LogP contribution in [0.4, 0.5) is 11.5 Å². The van der Waals surface area contributed by atoms with Gasteiger partial charge in [0.25, 0.3) is 0 Å². The molecule has 1 aliphatic rings. The van der Waals surface area contributed by atoms with E-state index in [4.69, 9.17) is 5.73 Å². The monoisotopic (exact) mass is 219 g/mol. The Labute approximate surface area is 95.3 Å². The molecule has 4 heteroatoms. The van der Waals surface area contributed by atoms with Crippen molar-refractivity contribution < 1.29 is 4.79 Å². The maximum Gasteiger partial charge on any atom is 0.225 e. The minimum absolute atomic E-state index is 0.0253. The van der Waals surface area contributed by atoms with Crippen molar-refractivity contribution in [3.63, 3.8) is 0 Å². The lowest BCUT2D eigenvalue weighted by Gasteiger charge is -2.10. The molecule has 1 aromatic heterocycles. The number of nitrogen functional groups attached to an aromatic ring is 1. The first kappa shape index (κ1) is 10.9. The number of pyridine rings is 1. The van der Waals surface area contributed by atoms with E-state index in [1.165, 1.54) is 25.7 Å². The average molecular weight is 219 g/mol. The second-order valence-electron chi connectivity index (χ2n) is 4.34. The number of amides is 1. The number of hydrogen-bond acceptors (Lipinski definition) is 3. The maximum absolute atomic E-state index is 11.7. The van der Waals surface area contributed by atoms with Gasteiger partial charge in [-0.2, -0.15) is 0 Å². The summed E-state index contributed by atoms with van der Waals surface area (Å²) in [5.41, 5.74) is 6.22. The number of anilines is 2. The van der Waals surface area contributed by atoms with Crippen LogP contribution in [0.1, 0.15) is 32.1 Å². The van der Waals surface area contributed by atoms with Gasteiger partial charge in [0.1, 0.15) is 0 Å². The second-order valence-corrected chi connectivity index (χ2v) is 4.34. The predicted molar refractivity (Wildman–Crippen MR) is 63.9 cm³/mol. The highest BCUT2D eigenvalue weighted by molar-refractivity contribution is 5.92. The molecule has 0 saturated heterocycles. The molecule has 86 valence electrons. The third kappa shape index (κ3) is 2.72. The largest absolute Gasteiger partial charge is 0.396 e. The van der Waals surface area contributed by atoms with Gasteiger partial charge in [0.15, 0.2) is 5.82 Å². The quantitative estimate of drug-likeness (QED) is 0.818. The van der Waals surface area contributed by atoms with Gasteiger partial charge < -0.3 is 11.1 Å². The van der Waals surface area contributed by atoms with Gasteiger partial charge in [-0.1, -0.05) is 12.8 Å². The molecular formula is C12H17N3O. The lowest BCUT2D eigenvalue weighted by molar-refractivity contribution is -0.117. The molecule has 1 amide bonds. The van der Waals surface area contributed by atoms with Crippen LogP contribution in [-0.4, -0.2) is 10.9 Å². The number of nitrogens with zero attached hydrogens (tertiary/aromatic N) is 1. The van der Waals surface area contributed by atoms with E-state index in [2.05, 4.69) is 10.3 Å². The Bertz CT molecular complexity index is 372. The van der Waals surface area contributed by atoms with E-state index in [1.54, 1.807) is 18.3 Å². The minimum Gasteiger partial charge on any atom is -0.396 e. The van der Waals surface area contributed by atoms with Crippen molar-refractivity contribution >= 4 is 17.4 Å². The Morgan fingerprint density at radius 1 is 1.50 bits per heavy atom. The number of hydrogen-bond donors (Lipinski definition) is 2. The van der Waals surface area contributed by atoms with Gasteiger partial charge in [-0.3, -0.25) is 4.79 Å². The van der Waals surface area contributed by atoms with Crippen LogP contribution in [0.3, 0.4) is 0 Å². The predicted octanol–water partition coefficient (Wildman–Crippen LogP) is 2.18. The Balaban J connectivity index is 1.89. The Morgan fingerprint density at radius 3 is 2.94 bits per heavy atom. The Hall–Kier alpha value is -1.58. The van der Waals surface area contributed by atoms with Crippen LogP contribution in [0.15, 0.2) is 18.3 Å². The maximum atomic E-state index is 11.7. The molecule has 0 spiro atoms. The molecule has 4 nitrogen and oxygen atoms in total. The van der Waals surface area contributed by atoms with Crippen molar-refractivity contribution in [2.45, 2.75) is 32.1 Å².